The first-order valence-corrected chi connectivity index (χ1v) is 8.10. The van der Waals surface area contributed by atoms with Gasteiger partial charge in [-0.3, -0.25) is 20.4 Å². The molecule has 0 radical (unpaired) electrons. The number of benzene rings is 1. The maximum atomic E-state index is 12.0. The molecule has 0 atom stereocenters. The number of unbranched alkanes of at least 4 members (excludes halogenated alkanes) is 1. The number of hydrazine groups is 1. The number of rotatable bonds is 9. The molecule has 0 unspecified atom stereocenters. The van der Waals surface area contributed by atoms with Gasteiger partial charge in [0.15, 0.2) is 18.1 Å². The van der Waals surface area contributed by atoms with Crippen molar-refractivity contribution >= 4 is 17.8 Å². The number of hydrogen-bond donors (Lipinski definition) is 2. The topological polar surface area (TPSA) is 103 Å². The number of esters is 1. The van der Waals surface area contributed by atoms with Crippen LogP contribution in [0, 0.1) is 0 Å². The van der Waals surface area contributed by atoms with Crippen molar-refractivity contribution in [2.45, 2.75) is 33.6 Å². The summed E-state index contributed by atoms with van der Waals surface area (Å²) in [5.74, 6) is -0.766. The molecule has 0 aliphatic rings. The van der Waals surface area contributed by atoms with E-state index in [1.807, 2.05) is 6.92 Å². The molecule has 0 aliphatic heterocycles. The zero-order valence-electron chi connectivity index (χ0n) is 14.7. The summed E-state index contributed by atoms with van der Waals surface area (Å²) < 4.78 is 16.0. The third kappa shape index (κ3) is 7.56. The molecule has 1 aromatic rings. The summed E-state index contributed by atoms with van der Waals surface area (Å²) in [6.07, 6.45) is 1.92. The maximum absolute atomic E-state index is 12.0. The average Bonchev–Trinajstić information content (AvgIpc) is 2.59. The van der Waals surface area contributed by atoms with Gasteiger partial charge >= 0.3 is 5.97 Å². The molecule has 0 saturated heterocycles. The lowest BCUT2D eigenvalue weighted by Crippen LogP contribution is -2.42. The molecule has 0 aromatic heterocycles. The monoisotopic (exact) mass is 352 g/mol. The minimum Gasteiger partial charge on any atom is -0.490 e. The van der Waals surface area contributed by atoms with E-state index in [2.05, 4.69) is 17.8 Å². The Morgan fingerprint density at radius 2 is 1.80 bits per heavy atom. The summed E-state index contributed by atoms with van der Waals surface area (Å²) in [4.78, 5) is 34.1. The van der Waals surface area contributed by atoms with Crippen LogP contribution in [0.1, 0.15) is 44.0 Å². The van der Waals surface area contributed by atoms with E-state index in [-0.39, 0.29) is 5.56 Å². The van der Waals surface area contributed by atoms with Crippen LogP contribution in [0.2, 0.25) is 0 Å². The van der Waals surface area contributed by atoms with Crippen LogP contribution in [0.15, 0.2) is 18.2 Å². The number of carbonyl (C=O) groups is 3. The SMILES string of the molecule is CCCCOc1ccc(C(=O)OCC(=O)NNC(C)=O)cc1OCC. The van der Waals surface area contributed by atoms with Gasteiger partial charge in [0.25, 0.3) is 5.91 Å². The Balaban J connectivity index is 2.66. The molecule has 0 bridgehead atoms. The van der Waals surface area contributed by atoms with Gasteiger partial charge in [0.1, 0.15) is 0 Å². The van der Waals surface area contributed by atoms with E-state index >= 15 is 0 Å². The first kappa shape index (κ1) is 20.3. The molecule has 8 heteroatoms. The first-order valence-electron chi connectivity index (χ1n) is 8.10. The molecular formula is C17H24N2O6. The third-order valence-corrected chi connectivity index (χ3v) is 2.95. The number of nitrogens with one attached hydrogen (secondary N) is 2. The Labute approximate surface area is 146 Å². The van der Waals surface area contributed by atoms with Crippen LogP contribution in [-0.4, -0.2) is 37.6 Å². The minimum absolute atomic E-state index is 0.235. The van der Waals surface area contributed by atoms with Crippen molar-refractivity contribution in [3.05, 3.63) is 23.8 Å². The number of amides is 2. The quantitative estimate of drug-likeness (QED) is 0.397. The lowest BCUT2D eigenvalue weighted by molar-refractivity contribution is -0.129. The highest BCUT2D eigenvalue weighted by Crippen LogP contribution is 2.29. The molecule has 0 saturated carbocycles. The van der Waals surface area contributed by atoms with E-state index in [9.17, 15) is 14.4 Å². The van der Waals surface area contributed by atoms with Gasteiger partial charge in [0, 0.05) is 6.92 Å². The minimum atomic E-state index is -0.681. The van der Waals surface area contributed by atoms with Crippen LogP contribution < -0.4 is 20.3 Å². The molecule has 2 N–H and O–H groups in total. The lowest BCUT2D eigenvalue weighted by Gasteiger charge is -2.13. The molecule has 0 aliphatic carbocycles. The van der Waals surface area contributed by atoms with Gasteiger partial charge in [0.2, 0.25) is 5.91 Å². The van der Waals surface area contributed by atoms with Crippen LogP contribution >= 0.6 is 0 Å². The Morgan fingerprint density at radius 3 is 2.44 bits per heavy atom. The summed E-state index contributed by atoms with van der Waals surface area (Å²) >= 11 is 0. The van der Waals surface area contributed by atoms with Crippen LogP contribution in [0.25, 0.3) is 0 Å². The second kappa shape index (κ2) is 10.9. The Morgan fingerprint density at radius 1 is 1.04 bits per heavy atom. The van der Waals surface area contributed by atoms with Crippen LogP contribution in [-0.2, 0) is 14.3 Å². The molecule has 25 heavy (non-hydrogen) atoms. The predicted octanol–water partition coefficient (Wildman–Crippen LogP) is 1.59. The molecule has 0 fully saturated rings. The van der Waals surface area contributed by atoms with E-state index in [1.165, 1.54) is 19.1 Å². The van der Waals surface area contributed by atoms with Crippen molar-refractivity contribution in [1.29, 1.82) is 0 Å². The highest BCUT2D eigenvalue weighted by molar-refractivity contribution is 5.92. The maximum Gasteiger partial charge on any atom is 0.338 e. The van der Waals surface area contributed by atoms with E-state index < -0.39 is 24.4 Å². The van der Waals surface area contributed by atoms with Crippen molar-refractivity contribution in [3.8, 4) is 11.5 Å². The lowest BCUT2D eigenvalue weighted by atomic mass is 10.2. The summed E-state index contributed by atoms with van der Waals surface area (Å²) in [6, 6.07) is 4.69. The highest BCUT2D eigenvalue weighted by atomic mass is 16.5. The Kier molecular flexibility index (Phi) is 8.84. The normalized spacial score (nSPS) is 9.88. The van der Waals surface area contributed by atoms with Gasteiger partial charge < -0.3 is 14.2 Å². The Hall–Kier alpha value is -2.77. The van der Waals surface area contributed by atoms with Crippen LogP contribution in [0.3, 0.4) is 0 Å². The zero-order chi connectivity index (χ0) is 18.7. The zero-order valence-corrected chi connectivity index (χ0v) is 14.7. The largest absolute Gasteiger partial charge is 0.490 e. The van der Waals surface area contributed by atoms with Gasteiger partial charge in [-0.2, -0.15) is 0 Å². The van der Waals surface area contributed by atoms with Crippen molar-refractivity contribution < 1.29 is 28.6 Å². The standard InChI is InChI=1S/C17H24N2O6/c1-4-6-9-24-14-8-7-13(10-15(14)23-5-2)17(22)25-11-16(21)19-18-12(3)20/h7-8,10H,4-6,9,11H2,1-3H3,(H,18,20)(H,19,21). The number of ether oxygens (including phenoxy) is 3. The van der Waals surface area contributed by atoms with Gasteiger partial charge in [0.05, 0.1) is 18.8 Å². The van der Waals surface area contributed by atoms with E-state index in [1.54, 1.807) is 6.07 Å². The number of carbonyl (C=O) groups excluding carboxylic acids is 3. The van der Waals surface area contributed by atoms with Crippen molar-refractivity contribution in [2.75, 3.05) is 19.8 Å². The molecule has 138 valence electrons. The fraction of sp³-hybridized carbons (Fsp3) is 0.471. The summed E-state index contributed by atoms with van der Waals surface area (Å²) in [5.41, 5.74) is 4.43. The fourth-order valence-corrected chi connectivity index (χ4v) is 1.76. The van der Waals surface area contributed by atoms with Gasteiger partial charge in [-0.05, 0) is 31.5 Å². The average molecular weight is 352 g/mol. The molecular weight excluding hydrogens is 328 g/mol. The van der Waals surface area contributed by atoms with Crippen molar-refractivity contribution in [1.82, 2.24) is 10.9 Å². The molecule has 8 nitrogen and oxygen atoms in total. The molecule has 2 amide bonds. The third-order valence-electron chi connectivity index (χ3n) is 2.95. The Bertz CT molecular complexity index is 603. The van der Waals surface area contributed by atoms with E-state index in [0.717, 1.165) is 12.8 Å². The van der Waals surface area contributed by atoms with Crippen LogP contribution in [0.5, 0.6) is 11.5 Å². The van der Waals surface area contributed by atoms with E-state index in [4.69, 9.17) is 14.2 Å². The summed E-state index contributed by atoms with van der Waals surface area (Å²) in [6.45, 7) is 5.59. The molecule has 1 aromatic carbocycles. The van der Waals surface area contributed by atoms with E-state index in [0.29, 0.717) is 24.7 Å². The summed E-state index contributed by atoms with van der Waals surface area (Å²) in [5, 5.41) is 0. The summed E-state index contributed by atoms with van der Waals surface area (Å²) in [7, 11) is 0. The van der Waals surface area contributed by atoms with Crippen LogP contribution in [0.4, 0.5) is 0 Å². The molecule has 0 spiro atoms. The second-order valence-electron chi connectivity index (χ2n) is 5.10. The van der Waals surface area contributed by atoms with Gasteiger partial charge in [-0.15, -0.1) is 0 Å². The second-order valence-corrected chi connectivity index (χ2v) is 5.10. The smallest absolute Gasteiger partial charge is 0.338 e. The first-order chi connectivity index (χ1) is 12.0. The predicted molar refractivity (Wildman–Crippen MR) is 90.3 cm³/mol. The fourth-order valence-electron chi connectivity index (χ4n) is 1.76. The van der Waals surface area contributed by atoms with Gasteiger partial charge in [-0.1, -0.05) is 13.3 Å². The molecule has 1 rings (SSSR count). The highest BCUT2D eigenvalue weighted by Gasteiger charge is 2.14. The molecule has 0 heterocycles. The van der Waals surface area contributed by atoms with Crippen molar-refractivity contribution in [3.63, 3.8) is 0 Å². The van der Waals surface area contributed by atoms with Crippen molar-refractivity contribution in [2.24, 2.45) is 0 Å². The number of hydrogen-bond acceptors (Lipinski definition) is 6. The van der Waals surface area contributed by atoms with Gasteiger partial charge in [-0.25, -0.2) is 4.79 Å².